The number of benzene rings is 1. The van der Waals surface area contributed by atoms with Gasteiger partial charge in [0.1, 0.15) is 0 Å². The van der Waals surface area contributed by atoms with Crippen LogP contribution in [0.3, 0.4) is 0 Å². The molecule has 0 fully saturated rings. The van der Waals surface area contributed by atoms with Crippen molar-refractivity contribution < 1.29 is 9.59 Å². The second-order valence-corrected chi connectivity index (χ2v) is 6.20. The first-order chi connectivity index (χ1) is 12.0. The van der Waals surface area contributed by atoms with E-state index < -0.39 is 6.04 Å². The Hall–Kier alpha value is -2.73. The Bertz CT molecular complexity index is 699. The number of nitrogens with zero attached hydrogens (tertiary/aromatic N) is 1. The van der Waals surface area contributed by atoms with E-state index in [9.17, 15) is 9.59 Å². The average molecular weight is 340 g/mol. The van der Waals surface area contributed by atoms with Crippen molar-refractivity contribution in [3.05, 3.63) is 54.4 Å². The number of hydrogen-bond acceptors (Lipinski definition) is 4. The van der Waals surface area contributed by atoms with Crippen molar-refractivity contribution in [2.45, 2.75) is 26.4 Å². The van der Waals surface area contributed by atoms with Crippen molar-refractivity contribution in [1.29, 1.82) is 0 Å². The van der Waals surface area contributed by atoms with E-state index in [0.717, 1.165) is 16.7 Å². The molecule has 1 atom stereocenters. The number of nitrogens with one attached hydrogen (secondary N) is 2. The van der Waals surface area contributed by atoms with Gasteiger partial charge < -0.3 is 16.4 Å². The summed E-state index contributed by atoms with van der Waals surface area (Å²) in [4.78, 5) is 27.6. The quantitative estimate of drug-likeness (QED) is 0.711. The molecule has 6 heteroatoms. The molecule has 0 unspecified atom stereocenters. The van der Waals surface area contributed by atoms with Gasteiger partial charge in [0, 0.05) is 18.9 Å². The van der Waals surface area contributed by atoms with Gasteiger partial charge in [-0.15, -0.1) is 0 Å². The lowest BCUT2D eigenvalue weighted by atomic mass is 10.1. The monoisotopic (exact) mass is 340 g/mol. The Morgan fingerprint density at radius 3 is 2.40 bits per heavy atom. The maximum atomic E-state index is 11.8. The van der Waals surface area contributed by atoms with Gasteiger partial charge in [-0.05, 0) is 28.7 Å². The number of carbonyl (C=O) groups is 2. The van der Waals surface area contributed by atoms with Gasteiger partial charge >= 0.3 is 0 Å². The SMILES string of the molecule is CC(C)[C@H](N)C(=O)NCC(=O)NCc1ccc(-c2cccnc2)cc1. The second-order valence-electron chi connectivity index (χ2n) is 6.20. The molecule has 0 aliphatic carbocycles. The number of rotatable bonds is 7. The number of aromatic nitrogens is 1. The Kier molecular flexibility index (Phi) is 6.65. The zero-order chi connectivity index (χ0) is 18.2. The topological polar surface area (TPSA) is 97.1 Å². The molecule has 2 rings (SSSR count). The van der Waals surface area contributed by atoms with E-state index in [4.69, 9.17) is 5.73 Å². The molecule has 25 heavy (non-hydrogen) atoms. The molecule has 1 aromatic carbocycles. The smallest absolute Gasteiger partial charge is 0.239 e. The predicted octanol–water partition coefficient (Wildman–Crippen LogP) is 1.46. The molecule has 0 radical (unpaired) electrons. The first-order valence-electron chi connectivity index (χ1n) is 8.26. The third-order valence-electron chi connectivity index (χ3n) is 3.88. The van der Waals surface area contributed by atoms with Crippen molar-refractivity contribution in [2.75, 3.05) is 6.54 Å². The summed E-state index contributed by atoms with van der Waals surface area (Å²) in [6.07, 6.45) is 3.54. The molecule has 1 heterocycles. The number of carbonyl (C=O) groups excluding carboxylic acids is 2. The fraction of sp³-hybridized carbons (Fsp3) is 0.316. The summed E-state index contributed by atoms with van der Waals surface area (Å²) in [5.41, 5.74) is 8.81. The first-order valence-corrected chi connectivity index (χ1v) is 8.26. The molecule has 0 aliphatic rings. The lowest BCUT2D eigenvalue weighted by molar-refractivity contribution is -0.127. The van der Waals surface area contributed by atoms with Crippen molar-refractivity contribution in [3.8, 4) is 11.1 Å². The third kappa shape index (κ3) is 5.69. The molecule has 1 aromatic heterocycles. The predicted molar refractivity (Wildman–Crippen MR) is 97.3 cm³/mol. The Morgan fingerprint density at radius 2 is 1.80 bits per heavy atom. The summed E-state index contributed by atoms with van der Waals surface area (Å²) in [5, 5.41) is 5.32. The van der Waals surface area contributed by atoms with Crippen LogP contribution in [0.1, 0.15) is 19.4 Å². The maximum absolute atomic E-state index is 11.8. The standard InChI is InChI=1S/C19H24N4O2/c1-13(2)18(20)19(25)23-12-17(24)22-10-14-5-7-15(8-6-14)16-4-3-9-21-11-16/h3-9,11,13,18H,10,12,20H2,1-2H3,(H,22,24)(H,23,25)/t18-/m0/s1. The molecule has 6 nitrogen and oxygen atoms in total. The molecule has 4 N–H and O–H groups in total. The number of pyridine rings is 1. The van der Waals surface area contributed by atoms with Gasteiger partial charge in [0.05, 0.1) is 12.6 Å². The summed E-state index contributed by atoms with van der Waals surface area (Å²) >= 11 is 0. The van der Waals surface area contributed by atoms with Gasteiger partial charge in [0.2, 0.25) is 11.8 Å². The number of nitrogens with two attached hydrogens (primary N) is 1. The molecule has 0 saturated heterocycles. The summed E-state index contributed by atoms with van der Waals surface area (Å²) in [5.74, 6) is -0.534. The second kappa shape index (κ2) is 8.94. The number of hydrogen-bond donors (Lipinski definition) is 3. The van der Waals surface area contributed by atoms with Crippen LogP contribution in [0.5, 0.6) is 0 Å². The van der Waals surface area contributed by atoms with Crippen LogP contribution < -0.4 is 16.4 Å². The van der Waals surface area contributed by atoms with E-state index in [1.165, 1.54) is 0 Å². The van der Waals surface area contributed by atoms with Crippen molar-refractivity contribution in [2.24, 2.45) is 11.7 Å². The lowest BCUT2D eigenvalue weighted by Gasteiger charge is -2.15. The van der Waals surface area contributed by atoms with E-state index in [2.05, 4.69) is 15.6 Å². The fourth-order valence-electron chi connectivity index (χ4n) is 2.20. The van der Waals surface area contributed by atoms with E-state index in [1.54, 1.807) is 12.4 Å². The maximum Gasteiger partial charge on any atom is 0.239 e. The summed E-state index contributed by atoms with van der Waals surface area (Å²) in [6.45, 7) is 4.05. The minimum absolute atomic E-state index is 0.0291. The summed E-state index contributed by atoms with van der Waals surface area (Å²) in [7, 11) is 0. The van der Waals surface area contributed by atoms with Gasteiger partial charge in [0.15, 0.2) is 0 Å². The zero-order valence-electron chi connectivity index (χ0n) is 14.5. The Balaban J connectivity index is 1.79. The highest BCUT2D eigenvalue weighted by Gasteiger charge is 2.17. The van der Waals surface area contributed by atoms with Gasteiger partial charge in [-0.3, -0.25) is 14.6 Å². The summed E-state index contributed by atoms with van der Waals surface area (Å²) in [6, 6.07) is 11.2. The normalized spacial score (nSPS) is 11.8. The van der Waals surface area contributed by atoms with Crippen LogP contribution in [-0.2, 0) is 16.1 Å². The molecule has 0 bridgehead atoms. The van der Waals surface area contributed by atoms with Crippen LogP contribution in [0.4, 0.5) is 0 Å². The lowest BCUT2D eigenvalue weighted by Crippen LogP contribution is -2.47. The zero-order valence-corrected chi connectivity index (χ0v) is 14.5. The van der Waals surface area contributed by atoms with Crippen molar-refractivity contribution >= 4 is 11.8 Å². The van der Waals surface area contributed by atoms with E-state index in [0.29, 0.717) is 6.54 Å². The van der Waals surface area contributed by atoms with Crippen LogP contribution in [0.15, 0.2) is 48.8 Å². The van der Waals surface area contributed by atoms with Gasteiger partial charge in [-0.2, -0.15) is 0 Å². The van der Waals surface area contributed by atoms with Crippen LogP contribution in [-0.4, -0.2) is 29.4 Å². The van der Waals surface area contributed by atoms with Crippen LogP contribution >= 0.6 is 0 Å². The molecule has 0 spiro atoms. The molecule has 2 amide bonds. The average Bonchev–Trinajstić information content (AvgIpc) is 2.64. The van der Waals surface area contributed by atoms with Crippen molar-refractivity contribution in [1.82, 2.24) is 15.6 Å². The van der Waals surface area contributed by atoms with Crippen molar-refractivity contribution in [3.63, 3.8) is 0 Å². The van der Waals surface area contributed by atoms with Crippen LogP contribution in [0, 0.1) is 5.92 Å². The third-order valence-corrected chi connectivity index (χ3v) is 3.88. The highest BCUT2D eigenvalue weighted by atomic mass is 16.2. The minimum Gasteiger partial charge on any atom is -0.350 e. The molecule has 0 saturated carbocycles. The Labute approximate surface area is 147 Å². The summed E-state index contributed by atoms with van der Waals surface area (Å²) < 4.78 is 0. The fourth-order valence-corrected chi connectivity index (χ4v) is 2.20. The highest BCUT2D eigenvalue weighted by molar-refractivity contribution is 5.87. The van der Waals surface area contributed by atoms with Crippen LogP contribution in [0.25, 0.3) is 11.1 Å². The number of amides is 2. The van der Waals surface area contributed by atoms with Gasteiger partial charge in [0.25, 0.3) is 0 Å². The first kappa shape index (κ1) is 18.6. The van der Waals surface area contributed by atoms with Gasteiger partial charge in [-0.25, -0.2) is 0 Å². The van der Waals surface area contributed by atoms with E-state index in [-0.39, 0.29) is 24.3 Å². The molecular formula is C19H24N4O2. The highest BCUT2D eigenvalue weighted by Crippen LogP contribution is 2.18. The molecular weight excluding hydrogens is 316 g/mol. The Morgan fingerprint density at radius 1 is 1.08 bits per heavy atom. The molecule has 2 aromatic rings. The minimum atomic E-state index is -0.604. The van der Waals surface area contributed by atoms with E-state index >= 15 is 0 Å². The van der Waals surface area contributed by atoms with E-state index in [1.807, 2.05) is 50.2 Å². The molecule has 132 valence electrons. The molecule has 0 aliphatic heterocycles. The largest absolute Gasteiger partial charge is 0.350 e. The van der Waals surface area contributed by atoms with Crippen LogP contribution in [0.2, 0.25) is 0 Å². The van der Waals surface area contributed by atoms with Gasteiger partial charge in [-0.1, -0.05) is 44.2 Å².